The first kappa shape index (κ1) is 21.7. The molecule has 1 saturated heterocycles. The number of amides is 3. The number of hydrogen-bond acceptors (Lipinski definition) is 5. The van der Waals surface area contributed by atoms with Crippen molar-refractivity contribution in [3.8, 4) is 0 Å². The van der Waals surface area contributed by atoms with E-state index < -0.39 is 46.2 Å². The Balaban J connectivity index is 1.63. The molecule has 3 aromatic carbocycles. The summed E-state index contributed by atoms with van der Waals surface area (Å²) in [4.78, 5) is 52.4. The molecule has 2 aliphatic rings. The first-order valence-electron chi connectivity index (χ1n) is 10.2. The fraction of sp³-hybridized carbons (Fsp3) is 0.125. The maximum atomic E-state index is 14.9. The lowest BCUT2D eigenvalue weighted by atomic mass is 9.86. The zero-order chi connectivity index (χ0) is 24.3. The van der Waals surface area contributed by atoms with Crippen molar-refractivity contribution in [2.75, 3.05) is 4.90 Å². The molecule has 0 N–H and O–H groups in total. The van der Waals surface area contributed by atoms with Crippen LogP contribution in [-0.2, 0) is 4.79 Å². The van der Waals surface area contributed by atoms with Gasteiger partial charge in [-0.1, -0.05) is 41.9 Å². The van der Waals surface area contributed by atoms with Gasteiger partial charge in [0.2, 0.25) is 0 Å². The molecule has 10 heteroatoms. The van der Waals surface area contributed by atoms with Crippen LogP contribution in [0.1, 0.15) is 37.9 Å². The van der Waals surface area contributed by atoms with Crippen molar-refractivity contribution in [1.82, 2.24) is 4.90 Å². The smallest absolute Gasteiger partial charge is 0.282 e. The Labute approximate surface area is 197 Å². The number of imide groups is 1. The minimum atomic E-state index is -1.39. The van der Waals surface area contributed by atoms with E-state index in [0.717, 1.165) is 11.6 Å². The number of carbonyl (C=O) groups excluding carboxylic acids is 3. The molecule has 2 heterocycles. The van der Waals surface area contributed by atoms with Crippen LogP contribution in [0, 0.1) is 22.9 Å². The minimum absolute atomic E-state index is 0.0925. The van der Waals surface area contributed by atoms with Crippen LogP contribution in [0.25, 0.3) is 0 Å². The highest BCUT2D eigenvalue weighted by molar-refractivity contribution is 6.32. The minimum Gasteiger partial charge on any atom is -0.300 e. The molecule has 0 bridgehead atoms. The largest absolute Gasteiger partial charge is 0.300 e. The lowest BCUT2D eigenvalue weighted by Gasteiger charge is -2.49. The van der Waals surface area contributed by atoms with E-state index in [1.165, 1.54) is 35.2 Å². The molecule has 0 aromatic heterocycles. The van der Waals surface area contributed by atoms with Crippen molar-refractivity contribution in [2.45, 2.75) is 19.0 Å². The Hall–Kier alpha value is -4.11. The van der Waals surface area contributed by atoms with Gasteiger partial charge in [0.05, 0.1) is 16.5 Å². The first-order valence-corrected chi connectivity index (χ1v) is 10.6. The zero-order valence-corrected chi connectivity index (χ0v) is 18.3. The number of fused-ring (bicyclic) bond motifs is 1. The van der Waals surface area contributed by atoms with Crippen molar-refractivity contribution in [3.63, 3.8) is 0 Å². The second-order valence-electron chi connectivity index (χ2n) is 7.99. The predicted octanol–water partition coefficient (Wildman–Crippen LogP) is 4.45. The quantitative estimate of drug-likeness (QED) is 0.238. The summed E-state index contributed by atoms with van der Waals surface area (Å²) in [5.41, 5.74) is 0.146. The number of nitro groups is 1. The summed E-state index contributed by atoms with van der Waals surface area (Å²) in [5.74, 6) is -3.07. The van der Waals surface area contributed by atoms with Crippen molar-refractivity contribution in [1.29, 1.82) is 0 Å². The molecule has 0 spiro atoms. The van der Waals surface area contributed by atoms with Crippen molar-refractivity contribution >= 4 is 40.7 Å². The predicted molar refractivity (Wildman–Crippen MR) is 120 cm³/mol. The Morgan fingerprint density at radius 1 is 0.941 bits per heavy atom. The third-order valence-electron chi connectivity index (χ3n) is 6.12. The maximum absolute atomic E-state index is 14.9. The number of carbonyl (C=O) groups is 3. The molecule has 8 nitrogen and oxygen atoms in total. The van der Waals surface area contributed by atoms with E-state index in [4.69, 9.17) is 11.6 Å². The summed E-state index contributed by atoms with van der Waals surface area (Å²) in [6.07, 6.45) is 0. The third-order valence-corrected chi connectivity index (χ3v) is 6.53. The molecular weight excluding hydrogens is 465 g/mol. The molecule has 2 atom stereocenters. The highest BCUT2D eigenvalue weighted by Gasteiger charge is 2.58. The lowest BCUT2D eigenvalue weighted by Crippen LogP contribution is -2.67. The van der Waals surface area contributed by atoms with Crippen LogP contribution in [0.5, 0.6) is 0 Å². The molecular formula is C24H15ClFN3O5. The third kappa shape index (κ3) is 3.01. The van der Waals surface area contributed by atoms with Gasteiger partial charge in [0.1, 0.15) is 17.4 Å². The Kier molecular flexibility index (Phi) is 4.94. The molecule has 2 aliphatic heterocycles. The standard InChI is InChI=1S/C24H15ClFN3O5/c1-12-9-10-13(11-16(12)25)27-20(14-5-2-3-7-17(14)26)21(24(27)32)28-22(30)15-6-4-8-18(29(33)34)19(15)23(28)31/h2-11,20-21H,1H3/t20-,21-/m1/s1. The number of rotatable bonds is 4. The van der Waals surface area contributed by atoms with E-state index in [0.29, 0.717) is 15.6 Å². The van der Waals surface area contributed by atoms with Crippen LogP contribution >= 0.6 is 11.6 Å². The number of β-lactam (4-membered cyclic amide) rings is 1. The summed E-state index contributed by atoms with van der Waals surface area (Å²) >= 11 is 6.23. The topological polar surface area (TPSA) is 101 Å². The van der Waals surface area contributed by atoms with Gasteiger partial charge in [0.15, 0.2) is 0 Å². The van der Waals surface area contributed by atoms with Crippen LogP contribution in [0.2, 0.25) is 5.02 Å². The lowest BCUT2D eigenvalue weighted by molar-refractivity contribution is -0.385. The number of hydrogen-bond donors (Lipinski definition) is 0. The van der Waals surface area contributed by atoms with Gasteiger partial charge in [-0.25, -0.2) is 4.39 Å². The fourth-order valence-corrected chi connectivity index (χ4v) is 4.63. The molecule has 0 unspecified atom stereocenters. The molecule has 34 heavy (non-hydrogen) atoms. The van der Waals surface area contributed by atoms with Crippen molar-refractivity contribution < 1.29 is 23.7 Å². The molecule has 5 rings (SSSR count). The van der Waals surface area contributed by atoms with Crippen LogP contribution in [-0.4, -0.2) is 33.6 Å². The van der Waals surface area contributed by atoms with E-state index in [-0.39, 0.29) is 16.7 Å². The van der Waals surface area contributed by atoms with Gasteiger partial charge in [-0.3, -0.25) is 29.4 Å². The summed E-state index contributed by atoms with van der Waals surface area (Å²) in [5, 5.41) is 11.8. The van der Waals surface area contributed by atoms with Gasteiger partial charge >= 0.3 is 0 Å². The number of nitro benzene ring substituents is 1. The normalized spacial score (nSPS) is 19.3. The van der Waals surface area contributed by atoms with E-state index in [1.54, 1.807) is 31.2 Å². The van der Waals surface area contributed by atoms with Gasteiger partial charge in [-0.05, 0) is 36.8 Å². The van der Waals surface area contributed by atoms with Crippen LogP contribution in [0.4, 0.5) is 15.8 Å². The SMILES string of the molecule is Cc1ccc(N2C(=O)[C@H](N3C(=O)c4cccc([N+](=O)[O-])c4C3=O)[C@H]2c2ccccc2F)cc1Cl. The van der Waals surface area contributed by atoms with Crippen LogP contribution < -0.4 is 4.90 Å². The Morgan fingerprint density at radius 2 is 1.68 bits per heavy atom. The molecule has 3 amide bonds. The van der Waals surface area contributed by atoms with E-state index in [2.05, 4.69) is 0 Å². The number of benzene rings is 3. The van der Waals surface area contributed by atoms with Crippen molar-refractivity contribution in [2.24, 2.45) is 0 Å². The van der Waals surface area contributed by atoms with Gasteiger partial charge in [-0.15, -0.1) is 0 Å². The van der Waals surface area contributed by atoms with E-state index in [9.17, 15) is 28.9 Å². The Bertz CT molecular complexity index is 1430. The highest BCUT2D eigenvalue weighted by atomic mass is 35.5. The van der Waals surface area contributed by atoms with E-state index >= 15 is 0 Å². The monoisotopic (exact) mass is 479 g/mol. The average Bonchev–Trinajstić information content (AvgIpc) is 3.05. The summed E-state index contributed by atoms with van der Waals surface area (Å²) in [7, 11) is 0. The molecule has 1 fully saturated rings. The van der Waals surface area contributed by atoms with Crippen molar-refractivity contribution in [3.05, 3.63) is 104 Å². The first-order chi connectivity index (χ1) is 16.2. The number of aryl methyl sites for hydroxylation is 1. The highest BCUT2D eigenvalue weighted by Crippen LogP contribution is 2.46. The molecule has 0 radical (unpaired) electrons. The fourth-order valence-electron chi connectivity index (χ4n) is 4.46. The van der Waals surface area contributed by atoms with Crippen LogP contribution in [0.3, 0.4) is 0 Å². The molecule has 170 valence electrons. The summed E-state index contributed by atoms with van der Waals surface area (Å²) in [6.45, 7) is 1.78. The molecule has 0 aliphatic carbocycles. The van der Waals surface area contributed by atoms with E-state index in [1.807, 2.05) is 0 Å². The van der Waals surface area contributed by atoms with Gasteiger partial charge < -0.3 is 4.90 Å². The van der Waals surface area contributed by atoms with Crippen LogP contribution in [0.15, 0.2) is 60.7 Å². The number of halogens is 2. The van der Waals surface area contributed by atoms with Gasteiger partial charge in [0.25, 0.3) is 23.4 Å². The second kappa shape index (κ2) is 7.74. The summed E-state index contributed by atoms with van der Waals surface area (Å²) < 4.78 is 14.9. The van der Waals surface area contributed by atoms with Gasteiger partial charge in [0, 0.05) is 22.3 Å². The number of anilines is 1. The van der Waals surface area contributed by atoms with Gasteiger partial charge in [-0.2, -0.15) is 0 Å². The Morgan fingerprint density at radius 3 is 2.35 bits per heavy atom. The zero-order valence-electron chi connectivity index (χ0n) is 17.6. The average molecular weight is 480 g/mol. The second-order valence-corrected chi connectivity index (χ2v) is 8.40. The molecule has 0 saturated carbocycles. The number of nitrogens with zero attached hydrogens (tertiary/aromatic N) is 3. The maximum Gasteiger partial charge on any atom is 0.282 e. The summed E-state index contributed by atoms with van der Waals surface area (Å²) in [6, 6.07) is 11.9. The molecule has 3 aromatic rings.